The Hall–Kier alpha value is -1.68. The van der Waals surface area contributed by atoms with E-state index < -0.39 is 5.82 Å². The lowest BCUT2D eigenvalue weighted by Gasteiger charge is -2.02. The molecule has 1 heterocycles. The van der Waals surface area contributed by atoms with Gasteiger partial charge in [0, 0.05) is 4.47 Å². The topological polar surface area (TPSA) is 30.2 Å². The maximum absolute atomic E-state index is 13.6. The van der Waals surface area contributed by atoms with Crippen molar-refractivity contribution in [3.63, 3.8) is 0 Å². The lowest BCUT2D eigenvalue weighted by atomic mass is 10.1. The standard InChI is InChI=1S/C13H6BrFO2/c14-7-4-5-8-11(6-7)17-13-9(12(8)16)2-1-3-10(13)15/h1-6H. The van der Waals surface area contributed by atoms with Crippen LogP contribution in [0.25, 0.3) is 21.9 Å². The van der Waals surface area contributed by atoms with E-state index in [0.717, 1.165) is 4.47 Å². The average molecular weight is 293 g/mol. The van der Waals surface area contributed by atoms with E-state index in [4.69, 9.17) is 4.42 Å². The molecular formula is C13H6BrFO2. The lowest BCUT2D eigenvalue weighted by molar-refractivity contribution is 0.579. The second kappa shape index (κ2) is 3.67. The highest BCUT2D eigenvalue weighted by Crippen LogP contribution is 2.23. The fourth-order valence-electron chi connectivity index (χ4n) is 1.81. The molecule has 2 aromatic carbocycles. The van der Waals surface area contributed by atoms with Gasteiger partial charge in [0.05, 0.1) is 10.8 Å². The van der Waals surface area contributed by atoms with Gasteiger partial charge in [0.25, 0.3) is 0 Å². The molecule has 0 atom stereocenters. The van der Waals surface area contributed by atoms with Crippen LogP contribution in [0, 0.1) is 5.82 Å². The molecule has 2 nitrogen and oxygen atoms in total. The van der Waals surface area contributed by atoms with Gasteiger partial charge in [-0.3, -0.25) is 4.79 Å². The predicted molar refractivity (Wildman–Crippen MR) is 67.6 cm³/mol. The fraction of sp³-hybridized carbons (Fsp3) is 0. The smallest absolute Gasteiger partial charge is 0.200 e. The minimum Gasteiger partial charge on any atom is -0.453 e. The van der Waals surface area contributed by atoms with Gasteiger partial charge in [-0.05, 0) is 30.3 Å². The van der Waals surface area contributed by atoms with Gasteiger partial charge in [-0.2, -0.15) is 0 Å². The summed E-state index contributed by atoms with van der Waals surface area (Å²) in [5.74, 6) is -0.526. The molecule has 0 saturated heterocycles. The largest absolute Gasteiger partial charge is 0.453 e. The molecule has 3 aromatic rings. The summed E-state index contributed by atoms with van der Waals surface area (Å²) in [6.07, 6.45) is 0. The summed E-state index contributed by atoms with van der Waals surface area (Å²) in [5.41, 5.74) is 0.165. The van der Waals surface area contributed by atoms with Crippen LogP contribution in [0.3, 0.4) is 0 Å². The number of rotatable bonds is 0. The van der Waals surface area contributed by atoms with Crippen LogP contribution in [0.2, 0.25) is 0 Å². The summed E-state index contributed by atoms with van der Waals surface area (Å²) in [5, 5.41) is 0.714. The molecule has 0 fully saturated rings. The zero-order chi connectivity index (χ0) is 12.0. The Kier molecular flexibility index (Phi) is 2.26. The van der Waals surface area contributed by atoms with E-state index >= 15 is 0 Å². The van der Waals surface area contributed by atoms with Gasteiger partial charge in [0.2, 0.25) is 5.43 Å². The van der Waals surface area contributed by atoms with E-state index in [1.54, 1.807) is 24.3 Å². The minimum absolute atomic E-state index is 0.00287. The first-order chi connectivity index (χ1) is 8.16. The van der Waals surface area contributed by atoms with Crippen molar-refractivity contribution in [2.45, 2.75) is 0 Å². The highest BCUT2D eigenvalue weighted by molar-refractivity contribution is 9.10. The van der Waals surface area contributed by atoms with E-state index in [9.17, 15) is 9.18 Å². The number of fused-ring (bicyclic) bond motifs is 2. The minimum atomic E-state index is -0.526. The number of hydrogen-bond acceptors (Lipinski definition) is 2. The Morgan fingerprint density at radius 2 is 1.94 bits per heavy atom. The van der Waals surface area contributed by atoms with Crippen molar-refractivity contribution in [2.75, 3.05) is 0 Å². The van der Waals surface area contributed by atoms with Crippen LogP contribution in [0.5, 0.6) is 0 Å². The molecule has 4 heteroatoms. The molecule has 17 heavy (non-hydrogen) atoms. The Morgan fingerprint density at radius 1 is 1.12 bits per heavy atom. The van der Waals surface area contributed by atoms with Gasteiger partial charge in [-0.25, -0.2) is 4.39 Å². The summed E-state index contributed by atoms with van der Waals surface area (Å²) in [4.78, 5) is 12.1. The molecule has 0 radical (unpaired) electrons. The Balaban J connectivity index is 2.62. The van der Waals surface area contributed by atoms with Crippen molar-refractivity contribution in [1.29, 1.82) is 0 Å². The third-order valence-corrected chi connectivity index (χ3v) is 3.11. The van der Waals surface area contributed by atoms with Crippen LogP contribution < -0.4 is 5.43 Å². The third kappa shape index (κ3) is 1.56. The molecule has 3 rings (SSSR count). The first-order valence-corrected chi connectivity index (χ1v) is 5.77. The van der Waals surface area contributed by atoms with E-state index in [1.165, 1.54) is 12.1 Å². The molecule has 0 aliphatic heterocycles. The molecule has 0 bridgehead atoms. The summed E-state index contributed by atoms with van der Waals surface area (Å²) in [6.45, 7) is 0. The van der Waals surface area contributed by atoms with Crippen molar-refractivity contribution in [2.24, 2.45) is 0 Å². The fourth-order valence-corrected chi connectivity index (χ4v) is 2.15. The van der Waals surface area contributed by atoms with Crippen molar-refractivity contribution < 1.29 is 8.81 Å². The molecule has 0 spiro atoms. The normalized spacial score (nSPS) is 11.2. The van der Waals surface area contributed by atoms with Crippen LogP contribution in [-0.2, 0) is 0 Å². The first kappa shape index (κ1) is 10.5. The molecule has 0 aliphatic rings. The molecule has 0 amide bonds. The second-order valence-corrected chi connectivity index (χ2v) is 4.60. The Morgan fingerprint density at radius 3 is 2.76 bits per heavy atom. The molecule has 84 valence electrons. The highest BCUT2D eigenvalue weighted by atomic mass is 79.9. The van der Waals surface area contributed by atoms with Gasteiger partial charge in [0.15, 0.2) is 11.4 Å². The monoisotopic (exact) mass is 292 g/mol. The van der Waals surface area contributed by atoms with Gasteiger partial charge < -0.3 is 4.42 Å². The maximum atomic E-state index is 13.6. The molecule has 0 unspecified atom stereocenters. The lowest BCUT2D eigenvalue weighted by Crippen LogP contribution is -2.02. The number of hydrogen-bond donors (Lipinski definition) is 0. The van der Waals surface area contributed by atoms with Crippen LogP contribution in [0.15, 0.2) is 50.1 Å². The number of para-hydroxylation sites is 1. The van der Waals surface area contributed by atoms with Crippen LogP contribution in [-0.4, -0.2) is 0 Å². The van der Waals surface area contributed by atoms with Gasteiger partial charge in [-0.15, -0.1) is 0 Å². The zero-order valence-electron chi connectivity index (χ0n) is 8.54. The highest BCUT2D eigenvalue weighted by Gasteiger charge is 2.10. The van der Waals surface area contributed by atoms with Crippen molar-refractivity contribution in [3.8, 4) is 0 Å². The predicted octanol–water partition coefficient (Wildman–Crippen LogP) is 3.85. The average Bonchev–Trinajstić information content (AvgIpc) is 2.30. The molecular weight excluding hydrogens is 287 g/mol. The third-order valence-electron chi connectivity index (χ3n) is 2.61. The van der Waals surface area contributed by atoms with Crippen molar-refractivity contribution in [1.82, 2.24) is 0 Å². The Labute approximate surface area is 104 Å². The maximum Gasteiger partial charge on any atom is 0.200 e. The van der Waals surface area contributed by atoms with Crippen LogP contribution >= 0.6 is 15.9 Å². The molecule has 0 saturated carbocycles. The Bertz CT molecular complexity index is 792. The van der Waals surface area contributed by atoms with Gasteiger partial charge in [-0.1, -0.05) is 22.0 Å². The SMILES string of the molecule is O=c1c2ccc(Br)cc2oc2c(F)cccc12. The summed E-state index contributed by atoms with van der Waals surface area (Å²) < 4.78 is 19.8. The summed E-state index contributed by atoms with van der Waals surface area (Å²) in [6, 6.07) is 9.41. The number of halogens is 2. The molecule has 0 aliphatic carbocycles. The van der Waals surface area contributed by atoms with E-state index in [0.29, 0.717) is 11.0 Å². The first-order valence-electron chi connectivity index (χ1n) is 4.97. The number of benzene rings is 2. The second-order valence-electron chi connectivity index (χ2n) is 3.69. The van der Waals surface area contributed by atoms with E-state index in [2.05, 4.69) is 15.9 Å². The zero-order valence-corrected chi connectivity index (χ0v) is 10.1. The van der Waals surface area contributed by atoms with Gasteiger partial charge >= 0.3 is 0 Å². The van der Waals surface area contributed by atoms with E-state index in [-0.39, 0.29) is 16.4 Å². The summed E-state index contributed by atoms with van der Waals surface area (Å²) in [7, 11) is 0. The summed E-state index contributed by atoms with van der Waals surface area (Å²) >= 11 is 3.28. The van der Waals surface area contributed by atoms with Crippen molar-refractivity contribution in [3.05, 3.63) is 56.9 Å². The van der Waals surface area contributed by atoms with Crippen LogP contribution in [0.4, 0.5) is 4.39 Å². The molecule has 1 aromatic heterocycles. The molecule has 0 N–H and O–H groups in total. The quantitative estimate of drug-likeness (QED) is 0.589. The van der Waals surface area contributed by atoms with Gasteiger partial charge in [0.1, 0.15) is 5.58 Å². The van der Waals surface area contributed by atoms with Crippen molar-refractivity contribution >= 4 is 37.9 Å². The van der Waals surface area contributed by atoms with E-state index in [1.807, 2.05) is 0 Å². The van der Waals surface area contributed by atoms with Crippen LogP contribution in [0.1, 0.15) is 0 Å².